The Hall–Kier alpha value is -2.02. The minimum atomic E-state index is -0.394. The van der Waals surface area contributed by atoms with Crippen molar-refractivity contribution in [2.45, 2.75) is 19.3 Å². The smallest absolute Gasteiger partial charge is 0.291 e. The molecule has 2 amide bonds. The van der Waals surface area contributed by atoms with Crippen molar-refractivity contribution in [1.29, 1.82) is 0 Å². The van der Waals surface area contributed by atoms with Crippen LogP contribution in [-0.2, 0) is 4.79 Å². The van der Waals surface area contributed by atoms with E-state index in [4.69, 9.17) is 16.0 Å². The first-order valence-corrected chi connectivity index (χ1v) is 9.11. The van der Waals surface area contributed by atoms with Crippen molar-refractivity contribution in [3.8, 4) is 0 Å². The minimum absolute atomic E-state index is 0. The van der Waals surface area contributed by atoms with E-state index in [9.17, 15) is 9.59 Å². The molecule has 0 bridgehead atoms. The summed E-state index contributed by atoms with van der Waals surface area (Å²) in [6.07, 6.45) is 4.44. The van der Waals surface area contributed by atoms with Gasteiger partial charge in [0.2, 0.25) is 5.91 Å². The van der Waals surface area contributed by atoms with Crippen LogP contribution >= 0.6 is 24.0 Å². The van der Waals surface area contributed by atoms with Gasteiger partial charge in [-0.2, -0.15) is 0 Å². The molecule has 3 N–H and O–H groups in total. The number of nitrogens with one attached hydrogen (secondary N) is 3. The number of benzene rings is 1. The maximum atomic E-state index is 12.7. The first kappa shape index (κ1) is 19.7. The molecule has 2 fully saturated rings. The fraction of sp³-hybridized carbons (Fsp3) is 0.368. The first-order valence-electron chi connectivity index (χ1n) is 8.73. The molecule has 2 aliphatic rings. The summed E-state index contributed by atoms with van der Waals surface area (Å²) in [7, 11) is 0. The lowest BCUT2D eigenvalue weighted by atomic mass is 9.92. The Bertz CT molecular complexity index is 833. The van der Waals surface area contributed by atoms with E-state index in [0.29, 0.717) is 16.4 Å². The van der Waals surface area contributed by atoms with Gasteiger partial charge in [0.15, 0.2) is 5.76 Å². The van der Waals surface area contributed by atoms with Crippen molar-refractivity contribution in [2.75, 3.05) is 23.7 Å². The minimum Gasteiger partial charge on any atom is -0.459 e. The molecule has 1 saturated carbocycles. The molecule has 2 aromatic rings. The highest BCUT2D eigenvalue weighted by molar-refractivity contribution is 6.31. The van der Waals surface area contributed by atoms with E-state index in [-0.39, 0.29) is 35.4 Å². The third-order valence-corrected chi connectivity index (χ3v) is 5.57. The maximum Gasteiger partial charge on any atom is 0.291 e. The second-order valence-corrected chi connectivity index (χ2v) is 7.42. The molecule has 1 spiro atoms. The van der Waals surface area contributed by atoms with Crippen LogP contribution in [0.4, 0.5) is 11.4 Å². The SMILES string of the molecule is Cl.O=C(Nc1cc(Cl)ccc1NC(=O)C1CC12CCNCC2)c1ccco1. The average Bonchev–Trinajstić information content (AvgIpc) is 3.07. The zero-order valence-electron chi connectivity index (χ0n) is 14.6. The van der Waals surface area contributed by atoms with Gasteiger partial charge in [-0.05, 0) is 68.1 Å². The number of anilines is 2. The van der Waals surface area contributed by atoms with E-state index in [1.54, 1.807) is 30.3 Å². The van der Waals surface area contributed by atoms with Gasteiger partial charge in [-0.15, -0.1) is 12.4 Å². The molecule has 6 nitrogen and oxygen atoms in total. The molecule has 1 aliphatic carbocycles. The Morgan fingerprint density at radius 2 is 1.93 bits per heavy atom. The first-order chi connectivity index (χ1) is 12.6. The van der Waals surface area contributed by atoms with E-state index in [1.165, 1.54) is 6.26 Å². The number of hydrogen-bond donors (Lipinski definition) is 3. The van der Waals surface area contributed by atoms with Crippen LogP contribution in [0.25, 0.3) is 0 Å². The molecule has 1 unspecified atom stereocenters. The van der Waals surface area contributed by atoms with Crippen molar-refractivity contribution >= 4 is 47.2 Å². The second kappa shape index (κ2) is 7.92. The predicted molar refractivity (Wildman–Crippen MR) is 107 cm³/mol. The van der Waals surface area contributed by atoms with Crippen molar-refractivity contribution in [1.82, 2.24) is 5.32 Å². The van der Waals surface area contributed by atoms with Crippen LogP contribution in [-0.4, -0.2) is 24.9 Å². The van der Waals surface area contributed by atoms with E-state index in [0.717, 1.165) is 32.4 Å². The normalized spacial score (nSPS) is 19.8. The summed E-state index contributed by atoms with van der Waals surface area (Å²) in [5.41, 5.74) is 1.14. The van der Waals surface area contributed by atoms with Crippen molar-refractivity contribution in [3.05, 3.63) is 47.4 Å². The highest BCUT2D eigenvalue weighted by atomic mass is 35.5. The standard InChI is InChI=1S/C19H20ClN3O3.ClH/c20-12-3-4-14(15(10-12)23-18(25)16-2-1-9-26-16)22-17(24)13-11-19(13)5-7-21-8-6-19;/h1-4,9-10,13,21H,5-8,11H2,(H,22,24)(H,23,25);1H. The summed E-state index contributed by atoms with van der Waals surface area (Å²) in [6.45, 7) is 1.93. The lowest BCUT2D eigenvalue weighted by Gasteiger charge is -2.23. The van der Waals surface area contributed by atoms with Gasteiger partial charge in [-0.3, -0.25) is 9.59 Å². The number of hydrogen-bond acceptors (Lipinski definition) is 4. The van der Waals surface area contributed by atoms with Gasteiger partial charge in [-0.1, -0.05) is 11.6 Å². The van der Waals surface area contributed by atoms with Gasteiger partial charge >= 0.3 is 0 Å². The number of amides is 2. The van der Waals surface area contributed by atoms with Crippen molar-refractivity contribution in [3.63, 3.8) is 0 Å². The van der Waals surface area contributed by atoms with Crippen molar-refractivity contribution < 1.29 is 14.0 Å². The highest BCUT2D eigenvalue weighted by Crippen LogP contribution is 2.58. The molecular formula is C19H21Cl2N3O3. The Morgan fingerprint density at radius 3 is 2.63 bits per heavy atom. The van der Waals surface area contributed by atoms with Gasteiger partial charge in [0.05, 0.1) is 17.6 Å². The third-order valence-electron chi connectivity index (χ3n) is 5.34. The zero-order chi connectivity index (χ0) is 18.1. The molecule has 1 aromatic carbocycles. The maximum absolute atomic E-state index is 12.7. The molecule has 1 aromatic heterocycles. The van der Waals surface area contributed by atoms with E-state index < -0.39 is 5.91 Å². The fourth-order valence-electron chi connectivity index (χ4n) is 3.74. The van der Waals surface area contributed by atoms with Crippen LogP contribution in [0, 0.1) is 11.3 Å². The number of carbonyl (C=O) groups is 2. The summed E-state index contributed by atoms with van der Waals surface area (Å²) in [5.74, 6) is -0.163. The number of furan rings is 1. The molecule has 1 saturated heterocycles. The predicted octanol–water partition coefficient (Wildman–Crippen LogP) is 3.94. The lowest BCUT2D eigenvalue weighted by Crippen LogP contribution is -2.31. The largest absolute Gasteiger partial charge is 0.459 e. The number of piperidine rings is 1. The highest BCUT2D eigenvalue weighted by Gasteiger charge is 2.57. The summed E-state index contributed by atoms with van der Waals surface area (Å²) < 4.78 is 5.10. The van der Waals surface area contributed by atoms with Crippen LogP contribution in [0.2, 0.25) is 5.02 Å². The van der Waals surface area contributed by atoms with Crippen LogP contribution < -0.4 is 16.0 Å². The molecule has 27 heavy (non-hydrogen) atoms. The van der Waals surface area contributed by atoms with Gasteiger partial charge in [-0.25, -0.2) is 0 Å². The second-order valence-electron chi connectivity index (χ2n) is 6.98. The summed E-state index contributed by atoms with van der Waals surface area (Å²) in [4.78, 5) is 24.9. The molecule has 1 aliphatic heterocycles. The number of halogens is 2. The fourth-order valence-corrected chi connectivity index (χ4v) is 3.91. The van der Waals surface area contributed by atoms with Gasteiger partial charge in [0.25, 0.3) is 5.91 Å². The van der Waals surface area contributed by atoms with Crippen LogP contribution in [0.5, 0.6) is 0 Å². The monoisotopic (exact) mass is 409 g/mol. The summed E-state index contributed by atoms with van der Waals surface area (Å²) in [6, 6.07) is 8.22. The van der Waals surface area contributed by atoms with E-state index >= 15 is 0 Å². The van der Waals surface area contributed by atoms with Crippen LogP contribution in [0.3, 0.4) is 0 Å². The Morgan fingerprint density at radius 1 is 1.15 bits per heavy atom. The van der Waals surface area contributed by atoms with Crippen molar-refractivity contribution in [2.24, 2.45) is 11.3 Å². The molecule has 0 radical (unpaired) electrons. The van der Waals surface area contributed by atoms with E-state index in [2.05, 4.69) is 16.0 Å². The number of carbonyl (C=O) groups excluding carboxylic acids is 2. The van der Waals surface area contributed by atoms with Crippen LogP contribution in [0.1, 0.15) is 29.8 Å². The Kier molecular flexibility index (Phi) is 5.79. The molecule has 2 heterocycles. The van der Waals surface area contributed by atoms with E-state index in [1.807, 2.05) is 0 Å². The summed E-state index contributed by atoms with van der Waals surface area (Å²) >= 11 is 6.06. The average molecular weight is 410 g/mol. The van der Waals surface area contributed by atoms with Gasteiger partial charge < -0.3 is 20.4 Å². The Labute approximate surface area is 168 Å². The third kappa shape index (κ3) is 4.13. The molecule has 4 rings (SSSR count). The molecule has 1 atom stereocenters. The molecule has 8 heteroatoms. The quantitative estimate of drug-likeness (QED) is 0.713. The van der Waals surface area contributed by atoms with Crippen LogP contribution in [0.15, 0.2) is 41.0 Å². The Balaban J connectivity index is 0.00000210. The number of rotatable bonds is 4. The van der Waals surface area contributed by atoms with Gasteiger partial charge in [0, 0.05) is 10.9 Å². The van der Waals surface area contributed by atoms with Gasteiger partial charge in [0.1, 0.15) is 0 Å². The topological polar surface area (TPSA) is 83.4 Å². The summed E-state index contributed by atoms with van der Waals surface area (Å²) in [5, 5.41) is 9.51. The molecular weight excluding hydrogens is 389 g/mol. The lowest BCUT2D eigenvalue weighted by molar-refractivity contribution is -0.118. The molecule has 144 valence electrons. The zero-order valence-corrected chi connectivity index (χ0v) is 16.2.